The molecule has 0 saturated carbocycles. The van der Waals surface area contributed by atoms with Crippen molar-refractivity contribution in [3.05, 3.63) is 32.7 Å². The lowest BCUT2D eigenvalue weighted by Crippen LogP contribution is -2.36. The second-order valence-electron chi connectivity index (χ2n) is 5.77. The molecule has 3 heterocycles. The molecule has 1 amide bonds. The van der Waals surface area contributed by atoms with Gasteiger partial charge < -0.3 is 10.1 Å². The van der Waals surface area contributed by atoms with Crippen LogP contribution in [0.5, 0.6) is 0 Å². The van der Waals surface area contributed by atoms with Gasteiger partial charge in [0.2, 0.25) is 0 Å². The molecule has 2 aromatic rings. The quantitative estimate of drug-likeness (QED) is 0.921. The van der Waals surface area contributed by atoms with Crippen molar-refractivity contribution in [2.24, 2.45) is 0 Å². The van der Waals surface area contributed by atoms with Crippen LogP contribution in [-0.4, -0.2) is 34.5 Å². The zero-order valence-corrected chi connectivity index (χ0v) is 12.9. The highest BCUT2D eigenvalue weighted by molar-refractivity contribution is 7.17. The Morgan fingerprint density at radius 3 is 3.18 bits per heavy atom. The Morgan fingerprint density at radius 1 is 1.45 bits per heavy atom. The molecule has 1 aliphatic carbocycles. The first-order chi connectivity index (χ1) is 10.7. The Bertz CT molecular complexity index is 789. The fourth-order valence-electron chi connectivity index (χ4n) is 3.17. The second-order valence-corrected chi connectivity index (χ2v) is 6.83. The molecule has 1 N–H and O–H groups in total. The van der Waals surface area contributed by atoms with Crippen LogP contribution in [0.1, 0.15) is 40.2 Å². The van der Waals surface area contributed by atoms with Crippen LogP contribution >= 0.6 is 11.3 Å². The normalized spacial score (nSPS) is 20.5. The number of hydrogen-bond donors (Lipinski definition) is 1. The molecule has 2 aromatic heterocycles. The van der Waals surface area contributed by atoms with Gasteiger partial charge in [-0.15, -0.1) is 11.3 Å². The molecule has 1 fully saturated rings. The number of aryl methyl sites for hydroxylation is 2. The molecule has 116 valence electrons. The number of aromatic nitrogens is 2. The molecule has 0 spiro atoms. The summed E-state index contributed by atoms with van der Waals surface area (Å²) in [5.74, 6) is -0.361. The molecule has 2 aliphatic rings. The third-order valence-corrected chi connectivity index (χ3v) is 5.47. The fourth-order valence-corrected chi connectivity index (χ4v) is 4.34. The molecule has 1 unspecified atom stereocenters. The standard InChI is InChI=1S/C15H17N3O3S/c19-13(16-7-9-3-2-6-21-9)10-8-17-15-18(14(10)20)11-4-1-5-12(11)22-15/h8-9H,1-7H2,(H,16,19). The maximum Gasteiger partial charge on any atom is 0.271 e. The largest absolute Gasteiger partial charge is 0.376 e. The van der Waals surface area contributed by atoms with E-state index in [0.29, 0.717) is 11.5 Å². The maximum atomic E-state index is 12.6. The summed E-state index contributed by atoms with van der Waals surface area (Å²) >= 11 is 1.55. The van der Waals surface area contributed by atoms with Gasteiger partial charge in [-0.1, -0.05) is 0 Å². The first-order valence-electron chi connectivity index (χ1n) is 7.66. The molecule has 6 nitrogen and oxygen atoms in total. The highest BCUT2D eigenvalue weighted by atomic mass is 32.1. The predicted octanol–water partition coefficient (Wildman–Crippen LogP) is 1.15. The number of fused-ring (bicyclic) bond motifs is 3. The molecule has 0 bridgehead atoms. The molecule has 1 aliphatic heterocycles. The Morgan fingerprint density at radius 2 is 2.36 bits per heavy atom. The minimum absolute atomic E-state index is 0.0637. The number of hydrogen-bond acceptors (Lipinski definition) is 5. The van der Waals surface area contributed by atoms with Gasteiger partial charge in [0.15, 0.2) is 4.96 Å². The molecule has 1 atom stereocenters. The summed E-state index contributed by atoms with van der Waals surface area (Å²) in [5.41, 5.74) is 0.892. The average molecular weight is 319 g/mol. The molecule has 0 aromatic carbocycles. The van der Waals surface area contributed by atoms with E-state index in [2.05, 4.69) is 10.3 Å². The Hall–Kier alpha value is -1.73. The minimum atomic E-state index is -0.361. The van der Waals surface area contributed by atoms with Gasteiger partial charge in [0.25, 0.3) is 11.5 Å². The number of nitrogens with one attached hydrogen (secondary N) is 1. The molecule has 7 heteroatoms. The number of rotatable bonds is 3. The van der Waals surface area contributed by atoms with E-state index in [9.17, 15) is 9.59 Å². The van der Waals surface area contributed by atoms with Crippen molar-refractivity contribution in [2.75, 3.05) is 13.2 Å². The number of nitrogens with zero attached hydrogens (tertiary/aromatic N) is 2. The number of thiazole rings is 1. The van der Waals surface area contributed by atoms with E-state index in [4.69, 9.17) is 4.74 Å². The van der Waals surface area contributed by atoms with Gasteiger partial charge in [0.1, 0.15) is 5.56 Å². The third-order valence-electron chi connectivity index (χ3n) is 4.31. The highest BCUT2D eigenvalue weighted by Crippen LogP contribution is 2.28. The Labute approximate surface area is 131 Å². The van der Waals surface area contributed by atoms with E-state index in [1.807, 2.05) is 0 Å². The van der Waals surface area contributed by atoms with E-state index in [-0.39, 0.29) is 23.1 Å². The lowest BCUT2D eigenvalue weighted by atomic mass is 10.2. The molecule has 0 radical (unpaired) electrons. The van der Waals surface area contributed by atoms with Crippen LogP contribution in [0.3, 0.4) is 0 Å². The van der Waals surface area contributed by atoms with Crippen LogP contribution in [-0.2, 0) is 17.6 Å². The molecule has 4 rings (SSSR count). The lowest BCUT2D eigenvalue weighted by molar-refractivity contribution is 0.0856. The lowest BCUT2D eigenvalue weighted by Gasteiger charge is -2.10. The van der Waals surface area contributed by atoms with Crippen molar-refractivity contribution in [2.45, 2.75) is 38.2 Å². The summed E-state index contributed by atoms with van der Waals surface area (Å²) in [6.45, 7) is 1.19. The monoisotopic (exact) mass is 319 g/mol. The maximum absolute atomic E-state index is 12.6. The van der Waals surface area contributed by atoms with E-state index < -0.39 is 0 Å². The molecular formula is C15H17N3O3S. The van der Waals surface area contributed by atoms with Gasteiger partial charge >= 0.3 is 0 Å². The van der Waals surface area contributed by atoms with Gasteiger partial charge in [0.05, 0.1) is 6.10 Å². The summed E-state index contributed by atoms with van der Waals surface area (Å²) in [6.07, 6.45) is 6.40. The van der Waals surface area contributed by atoms with Crippen LogP contribution in [0.2, 0.25) is 0 Å². The fraction of sp³-hybridized carbons (Fsp3) is 0.533. The van der Waals surface area contributed by atoms with Crippen LogP contribution in [0.15, 0.2) is 11.0 Å². The number of carbonyl (C=O) groups is 1. The number of amides is 1. The van der Waals surface area contributed by atoms with Crippen LogP contribution in [0.4, 0.5) is 0 Å². The van der Waals surface area contributed by atoms with Crippen LogP contribution in [0, 0.1) is 0 Å². The van der Waals surface area contributed by atoms with Gasteiger partial charge in [-0.05, 0) is 32.1 Å². The van der Waals surface area contributed by atoms with Crippen molar-refractivity contribution in [3.63, 3.8) is 0 Å². The Kier molecular flexibility index (Phi) is 3.46. The van der Waals surface area contributed by atoms with Gasteiger partial charge in [-0.25, -0.2) is 4.98 Å². The number of ether oxygens (including phenoxy) is 1. The van der Waals surface area contributed by atoms with Gasteiger partial charge in [-0.2, -0.15) is 0 Å². The first kappa shape index (κ1) is 13.9. The summed E-state index contributed by atoms with van der Waals surface area (Å²) in [4.78, 5) is 31.1. The van der Waals surface area contributed by atoms with E-state index in [1.165, 1.54) is 11.1 Å². The van der Waals surface area contributed by atoms with E-state index >= 15 is 0 Å². The summed E-state index contributed by atoms with van der Waals surface area (Å²) in [6, 6.07) is 0. The SMILES string of the molecule is O=C(NCC1CCCO1)c1cnc2sc3c(n2c1=O)CCC3. The van der Waals surface area contributed by atoms with E-state index in [0.717, 1.165) is 44.4 Å². The van der Waals surface area contributed by atoms with Crippen LogP contribution < -0.4 is 10.9 Å². The van der Waals surface area contributed by atoms with Crippen molar-refractivity contribution in [1.82, 2.24) is 14.7 Å². The predicted molar refractivity (Wildman–Crippen MR) is 82.7 cm³/mol. The molecule has 1 saturated heterocycles. The zero-order chi connectivity index (χ0) is 15.1. The summed E-state index contributed by atoms with van der Waals surface area (Å²) < 4.78 is 7.09. The second kappa shape index (κ2) is 5.48. The van der Waals surface area contributed by atoms with Crippen LogP contribution in [0.25, 0.3) is 4.96 Å². The van der Waals surface area contributed by atoms with Gasteiger partial charge in [0, 0.05) is 29.9 Å². The molecular weight excluding hydrogens is 302 g/mol. The smallest absolute Gasteiger partial charge is 0.271 e. The number of carbonyl (C=O) groups excluding carboxylic acids is 1. The van der Waals surface area contributed by atoms with E-state index in [1.54, 1.807) is 15.7 Å². The van der Waals surface area contributed by atoms with Crippen molar-refractivity contribution in [1.29, 1.82) is 0 Å². The van der Waals surface area contributed by atoms with Crippen molar-refractivity contribution >= 4 is 22.2 Å². The third kappa shape index (κ3) is 2.24. The average Bonchev–Trinajstić information content (AvgIpc) is 3.21. The van der Waals surface area contributed by atoms with Crippen molar-refractivity contribution in [3.8, 4) is 0 Å². The topological polar surface area (TPSA) is 72.7 Å². The summed E-state index contributed by atoms with van der Waals surface area (Å²) in [7, 11) is 0. The summed E-state index contributed by atoms with van der Waals surface area (Å²) in [5, 5.41) is 2.79. The highest BCUT2D eigenvalue weighted by Gasteiger charge is 2.23. The molecule has 22 heavy (non-hydrogen) atoms. The first-order valence-corrected chi connectivity index (χ1v) is 8.48. The zero-order valence-electron chi connectivity index (χ0n) is 12.1. The van der Waals surface area contributed by atoms with Gasteiger partial charge in [-0.3, -0.25) is 14.0 Å². The minimum Gasteiger partial charge on any atom is -0.376 e. The van der Waals surface area contributed by atoms with Crippen molar-refractivity contribution < 1.29 is 9.53 Å². The Balaban J connectivity index is 1.62.